The van der Waals surface area contributed by atoms with Crippen molar-refractivity contribution in [3.8, 4) is 0 Å². The Morgan fingerprint density at radius 3 is 2.15 bits per heavy atom. The van der Waals surface area contributed by atoms with Crippen LogP contribution in [0.5, 0.6) is 0 Å². The number of hydrogen-bond donors (Lipinski definition) is 0. The van der Waals surface area contributed by atoms with E-state index in [0.29, 0.717) is 6.08 Å². The third-order valence-corrected chi connectivity index (χ3v) is 3.29. The van der Waals surface area contributed by atoms with Crippen LogP contribution in [0.3, 0.4) is 0 Å². The molecule has 0 aromatic heterocycles. The van der Waals surface area contributed by atoms with E-state index in [1.165, 1.54) is 20.8 Å². The zero-order chi connectivity index (χ0) is 16.0. The molecule has 0 atom stereocenters. The molecular formula is C10H12F5NO3S. The van der Waals surface area contributed by atoms with Gasteiger partial charge in [0.05, 0.1) is 12.3 Å². The Morgan fingerprint density at radius 2 is 1.75 bits per heavy atom. The summed E-state index contributed by atoms with van der Waals surface area (Å²) in [6, 6.07) is 0. The molecule has 1 aliphatic rings. The number of aliphatic imine (C=N–C) groups is 1. The molecule has 0 spiro atoms. The van der Waals surface area contributed by atoms with Gasteiger partial charge in [0.1, 0.15) is 0 Å². The highest BCUT2D eigenvalue weighted by Gasteiger charge is 2.55. The molecule has 1 rings (SSSR count). The van der Waals surface area contributed by atoms with Crippen LogP contribution >= 0.6 is 0 Å². The number of dihydropyridines is 1. The summed E-state index contributed by atoms with van der Waals surface area (Å²) < 4.78 is 89.6. The van der Waals surface area contributed by atoms with Crippen LogP contribution in [-0.2, 0) is 14.3 Å². The monoisotopic (exact) mass is 321 g/mol. The third kappa shape index (κ3) is 3.10. The predicted molar refractivity (Wildman–Crippen MR) is 60.8 cm³/mol. The van der Waals surface area contributed by atoms with Gasteiger partial charge < -0.3 is 4.18 Å². The molecule has 0 amide bonds. The Hall–Kier alpha value is -1.19. The molecule has 4 nitrogen and oxygen atoms in total. The zero-order valence-corrected chi connectivity index (χ0v) is 11.6. The molecule has 0 fully saturated rings. The molecule has 0 saturated carbocycles. The average molecular weight is 321 g/mol. The maximum atomic E-state index is 14.0. The normalized spacial score (nSPS) is 20.2. The Morgan fingerprint density at radius 1 is 1.25 bits per heavy atom. The van der Waals surface area contributed by atoms with Crippen LogP contribution in [0, 0.1) is 5.41 Å². The van der Waals surface area contributed by atoms with Crippen LogP contribution in [0.25, 0.3) is 0 Å². The van der Waals surface area contributed by atoms with E-state index in [4.69, 9.17) is 0 Å². The van der Waals surface area contributed by atoms with Gasteiger partial charge >= 0.3 is 21.5 Å². The second kappa shape index (κ2) is 4.68. The standard InChI is InChI=1S/C10H12F5NO3S/c1-8(2,3)7-9(11,12)6(4-5-16-7)19-20(17,18)10(13,14)15/h4H,5H2,1-3H3. The van der Waals surface area contributed by atoms with Gasteiger partial charge in [-0.25, -0.2) is 0 Å². The molecule has 0 aromatic carbocycles. The van der Waals surface area contributed by atoms with Gasteiger partial charge in [-0.2, -0.15) is 30.4 Å². The maximum Gasteiger partial charge on any atom is 0.534 e. The molecule has 1 aliphatic heterocycles. The summed E-state index contributed by atoms with van der Waals surface area (Å²) >= 11 is 0. The molecule has 0 unspecified atom stereocenters. The minimum Gasteiger partial charge on any atom is -0.374 e. The third-order valence-electron chi connectivity index (χ3n) is 2.33. The summed E-state index contributed by atoms with van der Waals surface area (Å²) in [5.74, 6) is -5.59. The first-order valence-electron chi connectivity index (χ1n) is 5.34. The largest absolute Gasteiger partial charge is 0.534 e. The number of rotatable bonds is 2. The van der Waals surface area contributed by atoms with Gasteiger partial charge in [0, 0.05) is 5.41 Å². The molecule has 0 aromatic rings. The van der Waals surface area contributed by atoms with Crippen molar-refractivity contribution in [2.75, 3.05) is 6.54 Å². The first-order chi connectivity index (χ1) is 8.69. The molecule has 1 heterocycles. The van der Waals surface area contributed by atoms with Crippen LogP contribution in [0.1, 0.15) is 20.8 Å². The van der Waals surface area contributed by atoms with Gasteiger partial charge in [-0.15, -0.1) is 0 Å². The Bertz CT molecular complexity index is 554. The number of allylic oxidation sites excluding steroid dienone is 1. The van der Waals surface area contributed by atoms with Crippen molar-refractivity contribution in [1.29, 1.82) is 0 Å². The van der Waals surface area contributed by atoms with E-state index in [0.717, 1.165) is 0 Å². The zero-order valence-electron chi connectivity index (χ0n) is 10.8. The fourth-order valence-corrected chi connectivity index (χ4v) is 2.03. The highest BCUT2D eigenvalue weighted by molar-refractivity contribution is 7.87. The van der Waals surface area contributed by atoms with Crippen LogP contribution in [0.15, 0.2) is 16.8 Å². The van der Waals surface area contributed by atoms with E-state index < -0.39 is 38.4 Å². The summed E-state index contributed by atoms with van der Waals surface area (Å²) in [4.78, 5) is 3.53. The van der Waals surface area contributed by atoms with Gasteiger partial charge in [-0.3, -0.25) is 4.99 Å². The van der Waals surface area contributed by atoms with Crippen LogP contribution in [-0.4, -0.2) is 32.1 Å². The Kier molecular flexibility index (Phi) is 3.94. The van der Waals surface area contributed by atoms with Crippen molar-refractivity contribution in [2.24, 2.45) is 10.4 Å². The number of hydrogen-bond acceptors (Lipinski definition) is 4. The Labute approximate surface area is 112 Å². The van der Waals surface area contributed by atoms with Gasteiger partial charge in [0.2, 0.25) is 0 Å². The van der Waals surface area contributed by atoms with Crippen molar-refractivity contribution in [1.82, 2.24) is 0 Å². The molecule has 10 heteroatoms. The highest BCUT2D eigenvalue weighted by Crippen LogP contribution is 2.39. The summed E-state index contributed by atoms with van der Waals surface area (Å²) in [6.45, 7) is 3.74. The van der Waals surface area contributed by atoms with Crippen molar-refractivity contribution in [3.63, 3.8) is 0 Å². The van der Waals surface area contributed by atoms with Crippen LogP contribution in [0.2, 0.25) is 0 Å². The van der Waals surface area contributed by atoms with Gasteiger partial charge in [-0.05, 0) is 6.08 Å². The SMILES string of the molecule is CC(C)(C)C1=NCC=C(OS(=O)(=O)C(F)(F)F)C1(F)F. The highest BCUT2D eigenvalue weighted by atomic mass is 32.2. The molecule has 20 heavy (non-hydrogen) atoms. The van der Waals surface area contributed by atoms with Crippen LogP contribution in [0.4, 0.5) is 22.0 Å². The van der Waals surface area contributed by atoms with E-state index >= 15 is 0 Å². The lowest BCUT2D eigenvalue weighted by Gasteiger charge is -2.31. The lowest BCUT2D eigenvalue weighted by molar-refractivity contribution is -0.0549. The van der Waals surface area contributed by atoms with Crippen LogP contribution < -0.4 is 0 Å². The summed E-state index contributed by atoms with van der Waals surface area (Å²) in [5.41, 5.74) is -7.67. The minimum atomic E-state index is -6.14. The fraction of sp³-hybridized carbons (Fsp3) is 0.700. The number of halogens is 5. The van der Waals surface area contributed by atoms with E-state index in [1.54, 1.807) is 0 Å². The number of nitrogens with zero attached hydrogens (tertiary/aromatic N) is 1. The lowest BCUT2D eigenvalue weighted by Crippen LogP contribution is -2.44. The molecule has 0 saturated heterocycles. The quantitative estimate of drug-likeness (QED) is 0.446. The molecule has 116 valence electrons. The van der Waals surface area contributed by atoms with E-state index in [-0.39, 0.29) is 6.54 Å². The topological polar surface area (TPSA) is 55.7 Å². The molecule has 0 bridgehead atoms. The minimum absolute atomic E-state index is 0.384. The first-order valence-corrected chi connectivity index (χ1v) is 6.75. The molecule has 0 radical (unpaired) electrons. The average Bonchev–Trinajstić information content (AvgIpc) is 2.16. The molecule has 0 aliphatic carbocycles. The fourth-order valence-electron chi connectivity index (χ4n) is 1.52. The van der Waals surface area contributed by atoms with E-state index in [2.05, 4.69) is 9.18 Å². The van der Waals surface area contributed by atoms with Crippen molar-refractivity contribution in [3.05, 3.63) is 11.8 Å². The first kappa shape index (κ1) is 16.9. The molecular weight excluding hydrogens is 309 g/mol. The predicted octanol–water partition coefficient (Wildman–Crippen LogP) is 2.87. The summed E-state index contributed by atoms with van der Waals surface area (Å²) in [5, 5.41) is 0. The van der Waals surface area contributed by atoms with Gasteiger partial charge in [-0.1, -0.05) is 20.8 Å². The van der Waals surface area contributed by atoms with E-state index in [9.17, 15) is 30.4 Å². The van der Waals surface area contributed by atoms with Crippen molar-refractivity contribution >= 4 is 15.8 Å². The van der Waals surface area contributed by atoms with Gasteiger partial charge in [0.25, 0.3) is 0 Å². The maximum absolute atomic E-state index is 14.0. The smallest absolute Gasteiger partial charge is 0.374 e. The second-order valence-corrected chi connectivity index (χ2v) is 6.60. The van der Waals surface area contributed by atoms with E-state index in [1.807, 2.05) is 0 Å². The number of alkyl halides is 5. The second-order valence-electron chi connectivity index (χ2n) is 5.07. The van der Waals surface area contributed by atoms with Crippen molar-refractivity contribution in [2.45, 2.75) is 32.2 Å². The van der Waals surface area contributed by atoms with Gasteiger partial charge in [0.15, 0.2) is 5.76 Å². The molecule has 0 N–H and O–H groups in total. The summed E-state index contributed by atoms with van der Waals surface area (Å²) in [7, 11) is -6.14. The summed E-state index contributed by atoms with van der Waals surface area (Å²) in [6.07, 6.45) is 0.512. The van der Waals surface area contributed by atoms with Crippen molar-refractivity contribution < 1.29 is 34.6 Å². The Balaban J connectivity index is 3.15. The lowest BCUT2D eigenvalue weighted by atomic mass is 9.84.